The second-order valence-corrected chi connectivity index (χ2v) is 8.15. The van der Waals surface area contributed by atoms with Crippen molar-refractivity contribution in [3.63, 3.8) is 0 Å². The molecule has 0 radical (unpaired) electrons. The van der Waals surface area contributed by atoms with Crippen LogP contribution >= 0.6 is 0 Å². The number of aliphatic hydroxyl groups excluding tert-OH is 1. The van der Waals surface area contributed by atoms with Crippen LogP contribution in [0.4, 0.5) is 0 Å². The molecule has 1 aromatic heterocycles. The van der Waals surface area contributed by atoms with Crippen LogP contribution in [-0.4, -0.2) is 14.7 Å². The molecule has 0 saturated carbocycles. The molecular formula is C30H23N3O. The number of imidazole rings is 1. The molecule has 1 heterocycles. The Kier molecular flexibility index (Phi) is 5.78. The molecule has 1 atom stereocenters. The number of aliphatic hydroxyl groups is 1. The third-order valence-electron chi connectivity index (χ3n) is 6.20. The highest BCUT2D eigenvalue weighted by atomic mass is 16.3. The molecule has 0 bridgehead atoms. The first-order valence-electron chi connectivity index (χ1n) is 11.1. The van der Waals surface area contributed by atoms with Crippen LogP contribution in [-0.2, 0) is 5.54 Å². The summed E-state index contributed by atoms with van der Waals surface area (Å²) >= 11 is 0. The number of benzene rings is 4. The second kappa shape index (κ2) is 9.19. The Balaban J connectivity index is 1.71. The zero-order valence-electron chi connectivity index (χ0n) is 18.5. The standard InChI is InChI=1S/C30H23N3O/c31-20-23-16-18-24(19-17-23)29(34)28-21-33(22-32-28)30(25-10-4-1-5-11-25,26-12-6-2-7-13-26)27-14-8-3-9-15-27/h1-19,21-22,29,34H/t29-/m1/s1. The normalized spacial score (nSPS) is 12.1. The van der Waals surface area contributed by atoms with Gasteiger partial charge in [-0.3, -0.25) is 0 Å². The van der Waals surface area contributed by atoms with Crippen molar-refractivity contribution in [1.29, 1.82) is 5.26 Å². The molecule has 0 unspecified atom stereocenters. The molecule has 5 rings (SSSR count). The van der Waals surface area contributed by atoms with Crippen molar-refractivity contribution in [1.82, 2.24) is 9.55 Å². The van der Waals surface area contributed by atoms with Gasteiger partial charge in [-0.1, -0.05) is 103 Å². The molecule has 164 valence electrons. The third-order valence-corrected chi connectivity index (χ3v) is 6.20. The lowest BCUT2D eigenvalue weighted by atomic mass is 9.77. The van der Waals surface area contributed by atoms with Gasteiger partial charge in [0.2, 0.25) is 0 Å². The predicted molar refractivity (Wildman–Crippen MR) is 132 cm³/mol. The summed E-state index contributed by atoms with van der Waals surface area (Å²) in [7, 11) is 0. The molecule has 0 spiro atoms. The summed E-state index contributed by atoms with van der Waals surface area (Å²) in [6.45, 7) is 0. The fraction of sp³-hybridized carbons (Fsp3) is 0.0667. The van der Waals surface area contributed by atoms with Gasteiger partial charge >= 0.3 is 0 Å². The number of rotatable bonds is 6. The van der Waals surface area contributed by atoms with E-state index in [1.807, 2.05) is 60.8 Å². The molecule has 0 aliphatic carbocycles. The maximum atomic E-state index is 11.1. The minimum absolute atomic E-state index is 0.539. The van der Waals surface area contributed by atoms with E-state index < -0.39 is 11.6 Å². The van der Waals surface area contributed by atoms with E-state index in [4.69, 9.17) is 5.26 Å². The van der Waals surface area contributed by atoms with Gasteiger partial charge in [0.15, 0.2) is 0 Å². The summed E-state index contributed by atoms with van der Waals surface area (Å²) in [5.41, 5.74) is 4.36. The summed E-state index contributed by atoms with van der Waals surface area (Å²) < 4.78 is 2.08. The number of hydrogen-bond donors (Lipinski definition) is 1. The molecule has 4 nitrogen and oxygen atoms in total. The van der Waals surface area contributed by atoms with Crippen molar-refractivity contribution < 1.29 is 5.11 Å². The lowest BCUT2D eigenvalue weighted by Gasteiger charge is -2.37. The van der Waals surface area contributed by atoms with Gasteiger partial charge in [-0.2, -0.15) is 5.26 Å². The number of hydrogen-bond acceptors (Lipinski definition) is 3. The molecule has 0 fully saturated rings. The quantitative estimate of drug-likeness (QED) is 0.345. The molecular weight excluding hydrogens is 418 g/mol. The molecule has 4 heteroatoms. The minimum atomic E-state index is -0.908. The SMILES string of the molecule is N#Cc1ccc([C@@H](O)c2cn(C(c3ccccc3)(c3ccccc3)c3ccccc3)cn2)cc1. The maximum absolute atomic E-state index is 11.1. The van der Waals surface area contributed by atoms with Gasteiger partial charge in [0, 0.05) is 6.20 Å². The highest BCUT2D eigenvalue weighted by molar-refractivity contribution is 5.51. The van der Waals surface area contributed by atoms with E-state index in [-0.39, 0.29) is 0 Å². The zero-order chi connectivity index (χ0) is 23.4. The van der Waals surface area contributed by atoms with Gasteiger partial charge in [-0.25, -0.2) is 4.98 Å². The molecule has 0 saturated heterocycles. The summed E-state index contributed by atoms with van der Waals surface area (Å²) in [5.74, 6) is 0. The van der Waals surface area contributed by atoms with Crippen LogP contribution in [0, 0.1) is 11.3 Å². The highest BCUT2D eigenvalue weighted by Gasteiger charge is 2.38. The topological polar surface area (TPSA) is 61.8 Å². The van der Waals surface area contributed by atoms with Crippen molar-refractivity contribution >= 4 is 0 Å². The molecule has 0 aliphatic rings. The average molecular weight is 442 g/mol. The summed E-state index contributed by atoms with van der Waals surface area (Å²) in [5, 5.41) is 20.2. The maximum Gasteiger partial charge on any atom is 0.122 e. The van der Waals surface area contributed by atoms with E-state index in [2.05, 4.69) is 52.0 Å². The van der Waals surface area contributed by atoms with Gasteiger partial charge in [0.25, 0.3) is 0 Å². The average Bonchev–Trinajstić information content (AvgIpc) is 3.41. The number of nitriles is 1. The summed E-state index contributed by atoms with van der Waals surface area (Å²) in [4.78, 5) is 4.63. The largest absolute Gasteiger partial charge is 0.382 e. The van der Waals surface area contributed by atoms with Crippen LogP contribution in [0.2, 0.25) is 0 Å². The minimum Gasteiger partial charge on any atom is -0.382 e. The smallest absolute Gasteiger partial charge is 0.122 e. The molecule has 0 aliphatic heterocycles. The van der Waals surface area contributed by atoms with Crippen molar-refractivity contribution in [2.45, 2.75) is 11.6 Å². The Hall–Kier alpha value is -4.46. The van der Waals surface area contributed by atoms with Crippen LogP contribution in [0.3, 0.4) is 0 Å². The first-order valence-corrected chi connectivity index (χ1v) is 11.1. The molecule has 1 N–H and O–H groups in total. The van der Waals surface area contributed by atoms with E-state index >= 15 is 0 Å². The fourth-order valence-electron chi connectivity index (χ4n) is 4.56. The van der Waals surface area contributed by atoms with E-state index in [0.29, 0.717) is 16.8 Å². The Labute approximate surface area is 199 Å². The Bertz CT molecular complexity index is 1310. The summed E-state index contributed by atoms with van der Waals surface area (Å²) in [6.07, 6.45) is 2.79. The van der Waals surface area contributed by atoms with E-state index in [0.717, 1.165) is 16.7 Å². The Morgan fingerprint density at radius 1 is 0.706 bits per heavy atom. The van der Waals surface area contributed by atoms with E-state index in [1.54, 1.807) is 30.6 Å². The van der Waals surface area contributed by atoms with Gasteiger partial charge in [0.1, 0.15) is 11.6 Å². The van der Waals surface area contributed by atoms with E-state index in [1.165, 1.54) is 0 Å². The Morgan fingerprint density at radius 2 is 1.18 bits per heavy atom. The van der Waals surface area contributed by atoms with Crippen molar-refractivity contribution in [2.75, 3.05) is 0 Å². The van der Waals surface area contributed by atoms with Gasteiger partial charge in [0.05, 0.1) is 23.7 Å². The molecule has 4 aromatic carbocycles. The number of aromatic nitrogens is 2. The van der Waals surface area contributed by atoms with Crippen molar-refractivity contribution in [3.05, 3.63) is 161 Å². The highest BCUT2D eigenvalue weighted by Crippen LogP contribution is 2.41. The number of nitrogens with zero attached hydrogens (tertiary/aromatic N) is 3. The van der Waals surface area contributed by atoms with Crippen LogP contribution in [0.25, 0.3) is 0 Å². The monoisotopic (exact) mass is 441 g/mol. The van der Waals surface area contributed by atoms with Crippen molar-refractivity contribution in [2.24, 2.45) is 0 Å². The molecule has 34 heavy (non-hydrogen) atoms. The fourth-order valence-corrected chi connectivity index (χ4v) is 4.56. The summed E-state index contributed by atoms with van der Waals surface area (Å²) in [6, 6.07) is 40.1. The molecule has 0 amide bonds. The second-order valence-electron chi connectivity index (χ2n) is 8.15. The lowest BCUT2D eigenvalue weighted by molar-refractivity contribution is 0.215. The van der Waals surface area contributed by atoms with Crippen LogP contribution in [0.1, 0.15) is 39.6 Å². The first kappa shape index (κ1) is 21.4. The van der Waals surface area contributed by atoms with Gasteiger partial charge in [-0.05, 0) is 34.4 Å². The lowest BCUT2D eigenvalue weighted by Crippen LogP contribution is -2.37. The van der Waals surface area contributed by atoms with Crippen LogP contribution in [0.15, 0.2) is 128 Å². The van der Waals surface area contributed by atoms with Gasteiger partial charge < -0.3 is 9.67 Å². The van der Waals surface area contributed by atoms with Gasteiger partial charge in [-0.15, -0.1) is 0 Å². The van der Waals surface area contributed by atoms with Crippen molar-refractivity contribution in [3.8, 4) is 6.07 Å². The first-order chi connectivity index (χ1) is 16.7. The van der Waals surface area contributed by atoms with E-state index in [9.17, 15) is 5.11 Å². The van der Waals surface area contributed by atoms with Crippen LogP contribution in [0.5, 0.6) is 0 Å². The third kappa shape index (κ3) is 3.69. The predicted octanol–water partition coefficient (Wildman–Crippen LogP) is 5.68. The Morgan fingerprint density at radius 3 is 1.62 bits per heavy atom. The zero-order valence-corrected chi connectivity index (χ0v) is 18.5. The molecule has 5 aromatic rings. The van der Waals surface area contributed by atoms with Crippen LogP contribution < -0.4 is 0 Å².